The number of carbonyl (C=O) groups is 1. The van der Waals surface area contributed by atoms with Gasteiger partial charge in [-0.15, -0.1) is 0 Å². The maximum atomic E-state index is 11.9. The number of sulfone groups is 1. The number of nitrogens with one attached hydrogen (secondary N) is 1. The van der Waals surface area contributed by atoms with Gasteiger partial charge >= 0.3 is 0 Å². The van der Waals surface area contributed by atoms with Crippen molar-refractivity contribution in [2.75, 3.05) is 25.2 Å². The molecule has 0 aromatic heterocycles. The summed E-state index contributed by atoms with van der Waals surface area (Å²) in [5.74, 6) is 1.48. The third-order valence-electron chi connectivity index (χ3n) is 3.75. The molecule has 1 fully saturated rings. The van der Waals surface area contributed by atoms with Crippen LogP contribution in [0, 0.1) is 5.92 Å². The van der Waals surface area contributed by atoms with E-state index in [0.717, 1.165) is 19.3 Å². The van der Waals surface area contributed by atoms with Gasteiger partial charge in [-0.1, -0.05) is 0 Å². The summed E-state index contributed by atoms with van der Waals surface area (Å²) in [6.07, 6.45) is 2.42. The smallest absolute Gasteiger partial charge is 0.251 e. The van der Waals surface area contributed by atoms with E-state index in [1.807, 2.05) is 0 Å². The number of rotatable bonds is 6. The van der Waals surface area contributed by atoms with E-state index < -0.39 is 9.84 Å². The maximum absolute atomic E-state index is 11.9. The standard InChI is InChI=1S/C15H21NO4S/c1-20-14-6-4-13(5-7-14)15(17)16-9-2-3-12-8-10-21(18,19)11-12/h4-7,12H,2-3,8-11H2,1H3,(H,16,17). The number of ether oxygens (including phenoxy) is 1. The summed E-state index contributed by atoms with van der Waals surface area (Å²) in [4.78, 5) is 11.9. The van der Waals surface area contributed by atoms with Gasteiger partial charge in [0.15, 0.2) is 9.84 Å². The lowest BCUT2D eigenvalue weighted by atomic mass is 10.0. The molecule has 6 heteroatoms. The van der Waals surface area contributed by atoms with Crippen LogP contribution < -0.4 is 10.1 Å². The molecule has 1 unspecified atom stereocenters. The fourth-order valence-electron chi connectivity index (χ4n) is 2.54. The second-order valence-electron chi connectivity index (χ2n) is 5.40. The molecule has 116 valence electrons. The predicted octanol–water partition coefficient (Wildman–Crippen LogP) is 1.64. The Morgan fingerprint density at radius 3 is 2.62 bits per heavy atom. The molecule has 0 spiro atoms. The molecule has 0 saturated carbocycles. The molecule has 1 aliphatic rings. The highest BCUT2D eigenvalue weighted by atomic mass is 32.2. The predicted molar refractivity (Wildman–Crippen MR) is 81.3 cm³/mol. The van der Waals surface area contributed by atoms with Gasteiger partial charge in [0.25, 0.3) is 5.91 Å². The average molecular weight is 311 g/mol. The van der Waals surface area contributed by atoms with Gasteiger partial charge in [0.2, 0.25) is 0 Å². The highest BCUT2D eigenvalue weighted by Crippen LogP contribution is 2.22. The lowest BCUT2D eigenvalue weighted by Gasteiger charge is -2.09. The molecular formula is C15H21NO4S. The van der Waals surface area contributed by atoms with Crippen LogP contribution in [0.3, 0.4) is 0 Å². The Morgan fingerprint density at radius 1 is 1.33 bits per heavy atom. The quantitative estimate of drug-likeness (QED) is 0.811. The van der Waals surface area contributed by atoms with Crippen LogP contribution in [0.25, 0.3) is 0 Å². The first-order chi connectivity index (χ1) is 10.00. The van der Waals surface area contributed by atoms with Gasteiger partial charge < -0.3 is 10.1 Å². The van der Waals surface area contributed by atoms with Gasteiger partial charge in [0, 0.05) is 12.1 Å². The molecule has 0 aliphatic carbocycles. The van der Waals surface area contributed by atoms with E-state index >= 15 is 0 Å². The van der Waals surface area contributed by atoms with Gasteiger partial charge in [-0.3, -0.25) is 4.79 Å². The zero-order chi connectivity index (χ0) is 15.3. The van der Waals surface area contributed by atoms with Crippen molar-refractivity contribution in [3.63, 3.8) is 0 Å². The topological polar surface area (TPSA) is 72.5 Å². The van der Waals surface area contributed by atoms with Crippen molar-refractivity contribution in [1.29, 1.82) is 0 Å². The van der Waals surface area contributed by atoms with E-state index in [0.29, 0.717) is 29.4 Å². The number of hydrogen-bond donors (Lipinski definition) is 1. The Hall–Kier alpha value is -1.56. The van der Waals surface area contributed by atoms with Crippen molar-refractivity contribution in [2.45, 2.75) is 19.3 Å². The lowest BCUT2D eigenvalue weighted by Crippen LogP contribution is -2.24. The Morgan fingerprint density at radius 2 is 2.05 bits per heavy atom. The summed E-state index contributed by atoms with van der Waals surface area (Å²) in [6, 6.07) is 6.94. The summed E-state index contributed by atoms with van der Waals surface area (Å²) in [5, 5.41) is 2.85. The average Bonchev–Trinajstić information content (AvgIpc) is 2.83. The van der Waals surface area contributed by atoms with E-state index in [1.165, 1.54) is 0 Å². The normalized spacial score (nSPS) is 20.1. The molecule has 1 aliphatic heterocycles. The van der Waals surface area contributed by atoms with Crippen LogP contribution in [0.5, 0.6) is 5.75 Å². The molecule has 1 saturated heterocycles. The molecule has 0 bridgehead atoms. The van der Waals surface area contributed by atoms with Crippen LogP contribution in [0.4, 0.5) is 0 Å². The monoisotopic (exact) mass is 311 g/mol. The molecule has 1 heterocycles. The molecule has 1 aromatic rings. The lowest BCUT2D eigenvalue weighted by molar-refractivity contribution is 0.0952. The minimum atomic E-state index is -2.80. The summed E-state index contributed by atoms with van der Waals surface area (Å²) < 4.78 is 27.7. The number of hydrogen-bond acceptors (Lipinski definition) is 4. The van der Waals surface area contributed by atoms with Crippen molar-refractivity contribution in [2.24, 2.45) is 5.92 Å². The van der Waals surface area contributed by atoms with E-state index in [9.17, 15) is 13.2 Å². The second kappa shape index (κ2) is 6.93. The summed E-state index contributed by atoms with van der Waals surface area (Å²) in [7, 11) is -1.22. The molecule has 1 atom stereocenters. The van der Waals surface area contributed by atoms with Gasteiger partial charge in [0.1, 0.15) is 5.75 Å². The fourth-order valence-corrected chi connectivity index (χ4v) is 4.45. The molecule has 1 aromatic carbocycles. The SMILES string of the molecule is COc1ccc(C(=O)NCCCC2CCS(=O)(=O)C2)cc1. The molecule has 1 N–H and O–H groups in total. The van der Waals surface area contributed by atoms with E-state index in [4.69, 9.17) is 4.74 Å². The molecule has 1 amide bonds. The van der Waals surface area contributed by atoms with Crippen LogP contribution in [-0.4, -0.2) is 39.5 Å². The van der Waals surface area contributed by atoms with Crippen LogP contribution in [-0.2, 0) is 9.84 Å². The first kappa shape index (κ1) is 15.8. The highest BCUT2D eigenvalue weighted by molar-refractivity contribution is 7.91. The van der Waals surface area contributed by atoms with Crippen LogP contribution in [0.1, 0.15) is 29.6 Å². The Balaban J connectivity index is 1.69. The van der Waals surface area contributed by atoms with Gasteiger partial charge in [-0.05, 0) is 49.4 Å². The zero-order valence-corrected chi connectivity index (χ0v) is 13.0. The molecule has 2 rings (SSSR count). The van der Waals surface area contributed by atoms with E-state index in [-0.39, 0.29) is 11.8 Å². The second-order valence-corrected chi connectivity index (χ2v) is 7.62. The van der Waals surface area contributed by atoms with E-state index in [1.54, 1.807) is 31.4 Å². The minimum Gasteiger partial charge on any atom is -0.497 e. The summed E-state index contributed by atoms with van der Waals surface area (Å²) >= 11 is 0. The maximum Gasteiger partial charge on any atom is 0.251 e. The highest BCUT2D eigenvalue weighted by Gasteiger charge is 2.27. The van der Waals surface area contributed by atoms with Crippen molar-refractivity contribution >= 4 is 15.7 Å². The van der Waals surface area contributed by atoms with Crippen molar-refractivity contribution < 1.29 is 17.9 Å². The van der Waals surface area contributed by atoms with Gasteiger partial charge in [0.05, 0.1) is 18.6 Å². The van der Waals surface area contributed by atoms with E-state index in [2.05, 4.69) is 5.32 Å². The third-order valence-corrected chi connectivity index (χ3v) is 5.59. The Kier molecular flexibility index (Phi) is 5.22. The number of methoxy groups -OCH3 is 1. The number of carbonyl (C=O) groups excluding carboxylic acids is 1. The first-order valence-electron chi connectivity index (χ1n) is 7.13. The van der Waals surface area contributed by atoms with Crippen molar-refractivity contribution in [1.82, 2.24) is 5.32 Å². The Bertz CT molecular complexity index is 580. The minimum absolute atomic E-state index is 0.114. The molecular weight excluding hydrogens is 290 g/mol. The van der Waals surface area contributed by atoms with Crippen molar-refractivity contribution in [3.8, 4) is 5.75 Å². The third kappa shape index (κ3) is 4.74. The molecule has 21 heavy (non-hydrogen) atoms. The van der Waals surface area contributed by atoms with Crippen LogP contribution in [0.2, 0.25) is 0 Å². The van der Waals surface area contributed by atoms with Crippen LogP contribution in [0.15, 0.2) is 24.3 Å². The number of benzene rings is 1. The fraction of sp³-hybridized carbons (Fsp3) is 0.533. The summed E-state index contributed by atoms with van der Waals surface area (Å²) in [5.41, 5.74) is 0.597. The summed E-state index contributed by atoms with van der Waals surface area (Å²) in [6.45, 7) is 0.571. The van der Waals surface area contributed by atoms with Crippen LogP contribution >= 0.6 is 0 Å². The van der Waals surface area contributed by atoms with Crippen molar-refractivity contribution in [3.05, 3.63) is 29.8 Å². The largest absolute Gasteiger partial charge is 0.497 e. The number of amides is 1. The first-order valence-corrected chi connectivity index (χ1v) is 8.95. The molecule has 0 radical (unpaired) electrons. The van der Waals surface area contributed by atoms with Gasteiger partial charge in [-0.25, -0.2) is 8.42 Å². The zero-order valence-electron chi connectivity index (χ0n) is 12.2. The van der Waals surface area contributed by atoms with Gasteiger partial charge in [-0.2, -0.15) is 0 Å². The Labute approximate surface area is 125 Å². The molecule has 5 nitrogen and oxygen atoms in total.